The summed E-state index contributed by atoms with van der Waals surface area (Å²) in [5, 5.41) is 8.41. The molecule has 3 nitrogen and oxygen atoms in total. The summed E-state index contributed by atoms with van der Waals surface area (Å²) in [7, 11) is 0. The van der Waals surface area contributed by atoms with Crippen molar-refractivity contribution < 1.29 is 4.79 Å². The van der Waals surface area contributed by atoms with E-state index in [-0.39, 0.29) is 5.91 Å². The molecule has 1 aromatic heterocycles. The normalized spacial score (nSPS) is 10.4. The second kappa shape index (κ2) is 7.84. The fourth-order valence-electron chi connectivity index (χ4n) is 2.19. The van der Waals surface area contributed by atoms with Crippen molar-refractivity contribution in [2.75, 3.05) is 11.9 Å². The lowest BCUT2D eigenvalue weighted by Gasteiger charge is -2.11. The van der Waals surface area contributed by atoms with E-state index in [0.29, 0.717) is 12.1 Å². The van der Waals surface area contributed by atoms with Gasteiger partial charge in [-0.25, -0.2) is 0 Å². The molecule has 21 heavy (non-hydrogen) atoms. The second-order valence-corrected chi connectivity index (χ2v) is 5.88. The van der Waals surface area contributed by atoms with Crippen molar-refractivity contribution in [1.29, 1.82) is 0 Å². The van der Waals surface area contributed by atoms with Gasteiger partial charge in [-0.3, -0.25) is 4.79 Å². The lowest BCUT2D eigenvalue weighted by Crippen LogP contribution is -2.24. The second-order valence-electron chi connectivity index (χ2n) is 4.88. The third-order valence-corrected chi connectivity index (χ3v) is 4.33. The van der Waals surface area contributed by atoms with Crippen LogP contribution in [0.25, 0.3) is 0 Å². The highest BCUT2D eigenvalue weighted by Crippen LogP contribution is 2.18. The number of nitrogens with one attached hydrogen (secondary N) is 2. The molecule has 0 saturated heterocycles. The predicted octanol–water partition coefficient (Wildman–Crippen LogP) is 4.06. The number of aryl methyl sites for hydroxylation is 1. The number of hydrogen-bond donors (Lipinski definition) is 2. The van der Waals surface area contributed by atoms with Gasteiger partial charge in [0.2, 0.25) is 0 Å². The summed E-state index contributed by atoms with van der Waals surface area (Å²) in [6, 6.07) is 9.79. The van der Waals surface area contributed by atoms with Gasteiger partial charge in [0.05, 0.1) is 12.1 Å². The van der Waals surface area contributed by atoms with E-state index >= 15 is 0 Å². The van der Waals surface area contributed by atoms with Crippen molar-refractivity contribution in [3.63, 3.8) is 0 Å². The molecular weight excluding hydrogens is 280 g/mol. The van der Waals surface area contributed by atoms with Crippen molar-refractivity contribution >= 4 is 22.9 Å². The van der Waals surface area contributed by atoms with E-state index < -0.39 is 0 Å². The van der Waals surface area contributed by atoms with Gasteiger partial charge >= 0.3 is 0 Å². The molecule has 0 aliphatic rings. The fraction of sp³-hybridized carbons (Fsp3) is 0.353. The van der Waals surface area contributed by atoms with E-state index in [4.69, 9.17) is 0 Å². The number of thiophene rings is 1. The first-order valence-electron chi connectivity index (χ1n) is 7.42. The minimum atomic E-state index is -0.0235. The van der Waals surface area contributed by atoms with E-state index in [2.05, 4.69) is 35.9 Å². The molecule has 2 rings (SSSR count). The number of hydrogen-bond acceptors (Lipinski definition) is 3. The predicted molar refractivity (Wildman–Crippen MR) is 90.1 cm³/mol. The molecular formula is C17H22N2OS. The summed E-state index contributed by atoms with van der Waals surface area (Å²) >= 11 is 1.70. The van der Waals surface area contributed by atoms with Crippen molar-refractivity contribution in [2.24, 2.45) is 0 Å². The summed E-state index contributed by atoms with van der Waals surface area (Å²) in [6.07, 6.45) is 2.04. The topological polar surface area (TPSA) is 41.1 Å². The van der Waals surface area contributed by atoms with E-state index in [1.807, 2.05) is 24.3 Å². The SMILES string of the molecule is CCCNc1ccccc1C(=O)NCc1sccc1CC. The first kappa shape index (κ1) is 15.6. The molecule has 0 atom stereocenters. The zero-order valence-corrected chi connectivity index (χ0v) is 13.4. The third kappa shape index (κ3) is 4.08. The van der Waals surface area contributed by atoms with Crippen molar-refractivity contribution in [3.05, 3.63) is 51.7 Å². The monoisotopic (exact) mass is 302 g/mol. The Kier molecular flexibility index (Phi) is 5.81. The van der Waals surface area contributed by atoms with Gasteiger partial charge in [-0.1, -0.05) is 26.0 Å². The number of carbonyl (C=O) groups is 1. The molecule has 0 saturated carbocycles. The van der Waals surface area contributed by atoms with Gasteiger partial charge in [0.25, 0.3) is 5.91 Å². The molecule has 0 fully saturated rings. The number of rotatable bonds is 7. The van der Waals surface area contributed by atoms with Crippen LogP contribution >= 0.6 is 11.3 Å². The minimum absolute atomic E-state index is 0.0235. The Morgan fingerprint density at radius 1 is 1.19 bits per heavy atom. The number of amides is 1. The zero-order valence-electron chi connectivity index (χ0n) is 12.6. The number of carbonyl (C=O) groups excluding carboxylic acids is 1. The van der Waals surface area contributed by atoms with Gasteiger partial charge in [0.1, 0.15) is 0 Å². The summed E-state index contributed by atoms with van der Waals surface area (Å²) in [4.78, 5) is 13.6. The number of anilines is 1. The highest BCUT2D eigenvalue weighted by atomic mass is 32.1. The smallest absolute Gasteiger partial charge is 0.253 e. The van der Waals surface area contributed by atoms with Crippen LogP contribution in [0, 0.1) is 0 Å². The molecule has 0 bridgehead atoms. The lowest BCUT2D eigenvalue weighted by molar-refractivity contribution is 0.0952. The van der Waals surface area contributed by atoms with Gasteiger partial charge in [0, 0.05) is 17.1 Å². The largest absolute Gasteiger partial charge is 0.384 e. The average Bonchev–Trinajstić information content (AvgIpc) is 2.98. The first-order valence-corrected chi connectivity index (χ1v) is 8.30. The van der Waals surface area contributed by atoms with Gasteiger partial charge in [-0.15, -0.1) is 11.3 Å². The number of benzene rings is 1. The summed E-state index contributed by atoms with van der Waals surface area (Å²) in [5.41, 5.74) is 2.93. The molecule has 0 radical (unpaired) electrons. The average molecular weight is 302 g/mol. The van der Waals surface area contributed by atoms with Gasteiger partial charge < -0.3 is 10.6 Å². The van der Waals surface area contributed by atoms with Crippen molar-refractivity contribution in [1.82, 2.24) is 5.32 Å². The highest BCUT2D eigenvalue weighted by Gasteiger charge is 2.11. The van der Waals surface area contributed by atoms with Crippen molar-refractivity contribution in [2.45, 2.75) is 33.2 Å². The van der Waals surface area contributed by atoms with Crippen LogP contribution in [0.5, 0.6) is 0 Å². The molecule has 2 N–H and O–H groups in total. The molecule has 1 amide bonds. The standard InChI is InChI=1S/C17H22N2OS/c1-3-10-18-15-8-6-5-7-14(15)17(20)19-12-16-13(4-2)9-11-21-16/h5-9,11,18H,3-4,10,12H2,1-2H3,(H,19,20). The summed E-state index contributed by atoms with van der Waals surface area (Å²) in [5.74, 6) is -0.0235. The van der Waals surface area contributed by atoms with Gasteiger partial charge in [-0.05, 0) is 42.0 Å². The Morgan fingerprint density at radius 2 is 2.00 bits per heavy atom. The quantitative estimate of drug-likeness (QED) is 0.809. The van der Waals surface area contributed by atoms with Crippen LogP contribution in [0.4, 0.5) is 5.69 Å². The third-order valence-electron chi connectivity index (χ3n) is 3.37. The van der Waals surface area contributed by atoms with Gasteiger partial charge in [-0.2, -0.15) is 0 Å². The van der Waals surface area contributed by atoms with Crippen molar-refractivity contribution in [3.8, 4) is 0 Å². The molecule has 0 aliphatic heterocycles. The zero-order chi connectivity index (χ0) is 15.1. The molecule has 2 aromatic rings. The van der Waals surface area contributed by atoms with Crippen LogP contribution in [0.15, 0.2) is 35.7 Å². The van der Waals surface area contributed by atoms with E-state index in [9.17, 15) is 4.79 Å². The van der Waals surface area contributed by atoms with Gasteiger partial charge in [0.15, 0.2) is 0 Å². The molecule has 0 spiro atoms. The first-order chi connectivity index (χ1) is 10.3. The Labute approximate surface area is 130 Å². The summed E-state index contributed by atoms with van der Waals surface area (Å²) < 4.78 is 0. The Hall–Kier alpha value is -1.81. The Balaban J connectivity index is 2.03. The minimum Gasteiger partial charge on any atom is -0.384 e. The summed E-state index contributed by atoms with van der Waals surface area (Å²) in [6.45, 7) is 5.72. The maximum Gasteiger partial charge on any atom is 0.253 e. The van der Waals surface area contributed by atoms with E-state index in [1.165, 1.54) is 10.4 Å². The van der Waals surface area contributed by atoms with E-state index in [0.717, 1.165) is 25.1 Å². The molecule has 112 valence electrons. The molecule has 0 unspecified atom stereocenters. The molecule has 1 aromatic carbocycles. The maximum absolute atomic E-state index is 12.4. The lowest BCUT2D eigenvalue weighted by atomic mass is 10.1. The Bertz CT molecular complexity index is 592. The fourth-order valence-corrected chi connectivity index (χ4v) is 3.10. The molecule has 4 heteroatoms. The van der Waals surface area contributed by atoms with Crippen LogP contribution in [-0.2, 0) is 13.0 Å². The highest BCUT2D eigenvalue weighted by molar-refractivity contribution is 7.10. The number of para-hydroxylation sites is 1. The Morgan fingerprint density at radius 3 is 2.76 bits per heavy atom. The van der Waals surface area contributed by atoms with Crippen LogP contribution in [0.1, 0.15) is 41.1 Å². The maximum atomic E-state index is 12.4. The van der Waals surface area contributed by atoms with E-state index in [1.54, 1.807) is 11.3 Å². The molecule has 1 heterocycles. The van der Waals surface area contributed by atoms with Crippen LogP contribution < -0.4 is 10.6 Å². The molecule has 0 aliphatic carbocycles. The van der Waals surface area contributed by atoms with Crippen LogP contribution in [0.2, 0.25) is 0 Å². The van der Waals surface area contributed by atoms with Crippen LogP contribution in [-0.4, -0.2) is 12.5 Å². The van der Waals surface area contributed by atoms with Crippen LogP contribution in [0.3, 0.4) is 0 Å².